The van der Waals surface area contributed by atoms with E-state index in [1.165, 1.54) is 0 Å². The van der Waals surface area contributed by atoms with E-state index in [9.17, 15) is 4.79 Å². The molecule has 1 heterocycles. The first-order valence-corrected chi connectivity index (χ1v) is 6.40. The van der Waals surface area contributed by atoms with E-state index in [1.54, 1.807) is 0 Å². The third kappa shape index (κ3) is 6.00. The SMILES string of the molecule is CC1CC(NCCCO)CN(CCC(=O)O)C1. The van der Waals surface area contributed by atoms with E-state index in [0.29, 0.717) is 18.5 Å². The van der Waals surface area contributed by atoms with Crippen molar-refractivity contribution in [3.8, 4) is 0 Å². The fourth-order valence-corrected chi connectivity index (χ4v) is 2.43. The van der Waals surface area contributed by atoms with Gasteiger partial charge in [0.05, 0.1) is 6.42 Å². The summed E-state index contributed by atoms with van der Waals surface area (Å²) >= 11 is 0. The number of hydrogen-bond donors (Lipinski definition) is 3. The van der Waals surface area contributed by atoms with Gasteiger partial charge >= 0.3 is 5.97 Å². The van der Waals surface area contributed by atoms with Gasteiger partial charge in [-0.05, 0) is 25.3 Å². The summed E-state index contributed by atoms with van der Waals surface area (Å²) < 4.78 is 0. The van der Waals surface area contributed by atoms with Crippen molar-refractivity contribution in [1.82, 2.24) is 10.2 Å². The maximum Gasteiger partial charge on any atom is 0.304 e. The Morgan fingerprint density at radius 2 is 2.24 bits per heavy atom. The molecule has 5 heteroatoms. The molecule has 1 saturated heterocycles. The number of rotatable bonds is 7. The smallest absolute Gasteiger partial charge is 0.304 e. The van der Waals surface area contributed by atoms with Crippen molar-refractivity contribution in [2.75, 3.05) is 32.8 Å². The second-order valence-electron chi connectivity index (χ2n) is 4.97. The van der Waals surface area contributed by atoms with Crippen molar-refractivity contribution in [1.29, 1.82) is 0 Å². The molecule has 0 saturated carbocycles. The highest BCUT2D eigenvalue weighted by atomic mass is 16.4. The number of nitrogens with one attached hydrogen (secondary N) is 1. The topological polar surface area (TPSA) is 72.8 Å². The lowest BCUT2D eigenvalue weighted by molar-refractivity contribution is -0.137. The number of hydrogen-bond acceptors (Lipinski definition) is 4. The summed E-state index contributed by atoms with van der Waals surface area (Å²) in [7, 11) is 0. The molecule has 0 aromatic rings. The van der Waals surface area contributed by atoms with Gasteiger partial charge in [0, 0.05) is 32.3 Å². The predicted octanol–water partition coefficient (Wildman–Crippen LogP) is 0.144. The van der Waals surface area contributed by atoms with Crippen molar-refractivity contribution < 1.29 is 15.0 Å². The monoisotopic (exact) mass is 244 g/mol. The minimum Gasteiger partial charge on any atom is -0.481 e. The van der Waals surface area contributed by atoms with Gasteiger partial charge in [-0.15, -0.1) is 0 Å². The maximum atomic E-state index is 10.5. The van der Waals surface area contributed by atoms with Gasteiger partial charge in [0.25, 0.3) is 0 Å². The molecule has 1 aliphatic heterocycles. The van der Waals surface area contributed by atoms with Gasteiger partial charge in [-0.1, -0.05) is 6.92 Å². The summed E-state index contributed by atoms with van der Waals surface area (Å²) in [5, 5.41) is 20.8. The van der Waals surface area contributed by atoms with Crippen LogP contribution in [0, 0.1) is 5.92 Å². The lowest BCUT2D eigenvalue weighted by atomic mass is 9.95. The summed E-state index contributed by atoms with van der Waals surface area (Å²) in [6.45, 7) is 5.80. The maximum absolute atomic E-state index is 10.5. The van der Waals surface area contributed by atoms with E-state index in [4.69, 9.17) is 10.2 Å². The van der Waals surface area contributed by atoms with Gasteiger partial charge in [0.1, 0.15) is 0 Å². The van der Waals surface area contributed by atoms with E-state index in [1.807, 2.05) is 0 Å². The molecule has 0 amide bonds. The zero-order valence-electron chi connectivity index (χ0n) is 10.6. The second-order valence-corrected chi connectivity index (χ2v) is 4.97. The van der Waals surface area contributed by atoms with Gasteiger partial charge in [0.15, 0.2) is 0 Å². The summed E-state index contributed by atoms with van der Waals surface area (Å²) in [6.07, 6.45) is 2.13. The average molecular weight is 244 g/mol. The Hall–Kier alpha value is -0.650. The highest BCUT2D eigenvalue weighted by Crippen LogP contribution is 2.16. The van der Waals surface area contributed by atoms with E-state index in [2.05, 4.69) is 17.1 Å². The molecule has 5 nitrogen and oxygen atoms in total. The Morgan fingerprint density at radius 3 is 2.88 bits per heavy atom. The molecule has 0 aliphatic carbocycles. The van der Waals surface area contributed by atoms with Crippen LogP contribution in [-0.4, -0.2) is 59.9 Å². The number of nitrogens with zero attached hydrogens (tertiary/aromatic N) is 1. The zero-order chi connectivity index (χ0) is 12.7. The van der Waals surface area contributed by atoms with Crippen LogP contribution in [-0.2, 0) is 4.79 Å². The molecule has 1 aliphatic rings. The molecule has 0 spiro atoms. The van der Waals surface area contributed by atoms with Crippen molar-refractivity contribution in [2.45, 2.75) is 32.2 Å². The lowest BCUT2D eigenvalue weighted by Gasteiger charge is -2.36. The third-order valence-corrected chi connectivity index (χ3v) is 3.15. The Balaban J connectivity index is 2.28. The minimum absolute atomic E-state index is 0.218. The molecule has 2 unspecified atom stereocenters. The van der Waals surface area contributed by atoms with Crippen LogP contribution >= 0.6 is 0 Å². The summed E-state index contributed by atoms with van der Waals surface area (Å²) in [4.78, 5) is 12.8. The largest absolute Gasteiger partial charge is 0.481 e. The van der Waals surface area contributed by atoms with Gasteiger partial charge < -0.3 is 20.4 Å². The molecule has 0 bridgehead atoms. The van der Waals surface area contributed by atoms with Crippen LogP contribution in [0.4, 0.5) is 0 Å². The van der Waals surface area contributed by atoms with Crippen LogP contribution in [0.1, 0.15) is 26.2 Å². The normalized spacial score (nSPS) is 26.0. The number of carboxylic acids is 1. The first-order chi connectivity index (χ1) is 8.11. The van der Waals surface area contributed by atoms with Crippen LogP contribution in [0.3, 0.4) is 0 Å². The molecule has 0 aromatic heterocycles. The Kier molecular flexibility index (Phi) is 6.47. The van der Waals surface area contributed by atoms with E-state index in [-0.39, 0.29) is 13.0 Å². The second kappa shape index (κ2) is 7.63. The first-order valence-electron chi connectivity index (χ1n) is 6.40. The minimum atomic E-state index is -0.729. The lowest BCUT2D eigenvalue weighted by Crippen LogP contribution is -2.49. The number of likely N-dealkylation sites (tertiary alicyclic amines) is 1. The summed E-state index contributed by atoms with van der Waals surface area (Å²) in [5.41, 5.74) is 0. The van der Waals surface area contributed by atoms with Crippen molar-refractivity contribution in [3.05, 3.63) is 0 Å². The fraction of sp³-hybridized carbons (Fsp3) is 0.917. The summed E-state index contributed by atoms with van der Waals surface area (Å²) in [5.74, 6) is -0.128. The number of aliphatic carboxylic acids is 1. The van der Waals surface area contributed by atoms with Gasteiger partial charge in [-0.2, -0.15) is 0 Å². The highest BCUT2D eigenvalue weighted by Gasteiger charge is 2.24. The van der Waals surface area contributed by atoms with Crippen LogP contribution in [0.25, 0.3) is 0 Å². The molecule has 1 fully saturated rings. The Morgan fingerprint density at radius 1 is 1.47 bits per heavy atom. The van der Waals surface area contributed by atoms with E-state index >= 15 is 0 Å². The fourth-order valence-electron chi connectivity index (χ4n) is 2.43. The van der Waals surface area contributed by atoms with Gasteiger partial charge in [-0.25, -0.2) is 0 Å². The number of carboxylic acid groups (broad SMARTS) is 1. The van der Waals surface area contributed by atoms with E-state index < -0.39 is 5.97 Å². The third-order valence-electron chi connectivity index (χ3n) is 3.15. The number of aliphatic hydroxyl groups excluding tert-OH is 1. The summed E-state index contributed by atoms with van der Waals surface area (Å²) in [6, 6.07) is 0.430. The molecule has 0 aromatic carbocycles. The number of carbonyl (C=O) groups is 1. The standard InChI is InChI=1S/C12H24N2O3/c1-10-7-11(13-4-2-6-15)9-14(8-10)5-3-12(16)17/h10-11,13,15H,2-9H2,1H3,(H,16,17). The number of piperidine rings is 1. The average Bonchev–Trinajstić information content (AvgIpc) is 2.26. The van der Waals surface area contributed by atoms with Crippen LogP contribution in [0.2, 0.25) is 0 Å². The molecule has 0 radical (unpaired) electrons. The molecular formula is C12H24N2O3. The van der Waals surface area contributed by atoms with Gasteiger partial charge in [0.2, 0.25) is 0 Å². The Bertz CT molecular complexity index is 236. The molecule has 1 rings (SSSR count). The quantitative estimate of drug-likeness (QED) is 0.556. The van der Waals surface area contributed by atoms with Crippen LogP contribution in [0.15, 0.2) is 0 Å². The molecular weight excluding hydrogens is 220 g/mol. The molecule has 17 heavy (non-hydrogen) atoms. The Labute approximate surface area is 103 Å². The van der Waals surface area contributed by atoms with Crippen molar-refractivity contribution in [2.24, 2.45) is 5.92 Å². The molecule has 3 N–H and O–H groups in total. The molecule has 100 valence electrons. The van der Waals surface area contributed by atoms with Gasteiger partial charge in [-0.3, -0.25) is 4.79 Å². The molecule has 2 atom stereocenters. The first kappa shape index (κ1) is 14.4. The zero-order valence-corrected chi connectivity index (χ0v) is 10.6. The van der Waals surface area contributed by atoms with Crippen LogP contribution in [0.5, 0.6) is 0 Å². The van der Waals surface area contributed by atoms with Crippen molar-refractivity contribution in [3.63, 3.8) is 0 Å². The van der Waals surface area contributed by atoms with Crippen LogP contribution < -0.4 is 5.32 Å². The highest BCUT2D eigenvalue weighted by molar-refractivity contribution is 5.66. The predicted molar refractivity (Wildman–Crippen MR) is 66.0 cm³/mol. The van der Waals surface area contributed by atoms with E-state index in [0.717, 1.165) is 32.5 Å². The van der Waals surface area contributed by atoms with Crippen molar-refractivity contribution >= 4 is 5.97 Å². The number of aliphatic hydroxyl groups is 1.